The summed E-state index contributed by atoms with van der Waals surface area (Å²) in [6, 6.07) is 64.0. The molecule has 1 unspecified atom stereocenters. The van der Waals surface area contributed by atoms with Gasteiger partial charge in [-0.1, -0.05) is 200 Å². The summed E-state index contributed by atoms with van der Waals surface area (Å²) in [6.07, 6.45) is 12.9. The van der Waals surface area contributed by atoms with Gasteiger partial charge in [-0.3, -0.25) is 43.2 Å². The largest absolute Gasteiger partial charge is 0.462 e. The SMILES string of the molecule is C=C(CCCc1ccccc1)N[C@@H](Cc1ccc(Cl)cc1)C(=O)N[C@H](Cc1ccccc1)C(=O)N[C@H](CCCN=C(N)N)C(=O)N[C@@H](Cc1c[nH]c2ccccc12)C(N)=O.C=S(=O)(Oc1ccc(C)cc1-c1cc(-c2ccccc2)n(CCN[C@@H]2CCNC2)n1)c1cccc(C(F)(F)F)c1.O=C(CC[C@H](CC(=O)c1cc(C2=CCC=C2)nc2ccccc12)C(=O)NCc1cc(F)ccc1F)OC1CCCCC1. The van der Waals surface area contributed by atoms with Gasteiger partial charge in [0.05, 0.1) is 39.6 Å². The van der Waals surface area contributed by atoms with Crippen molar-refractivity contribution in [2.75, 3.05) is 26.2 Å². The molecule has 5 amide bonds. The number of benzene rings is 9. The van der Waals surface area contributed by atoms with E-state index in [2.05, 4.69) is 71.8 Å². The summed E-state index contributed by atoms with van der Waals surface area (Å²) in [5.74, 6) is -1.97. The molecule has 7 atom stereocenters. The molecule has 12 aromatic rings. The predicted molar refractivity (Wildman–Crippen MR) is 547 cm³/mol. The van der Waals surface area contributed by atoms with Crippen molar-refractivity contribution in [3.63, 3.8) is 0 Å². The Morgan fingerprint density at radius 3 is 2.02 bits per heavy atom. The second-order valence-electron chi connectivity index (χ2n) is 35.6. The van der Waals surface area contributed by atoms with Gasteiger partial charge in [-0.2, -0.15) is 18.3 Å². The van der Waals surface area contributed by atoms with Crippen LogP contribution >= 0.6 is 11.6 Å². The first-order chi connectivity index (χ1) is 68.4. The van der Waals surface area contributed by atoms with E-state index in [1.54, 1.807) is 36.5 Å². The lowest BCUT2D eigenvalue weighted by atomic mass is 9.91. The number of nitrogens with one attached hydrogen (secondary N) is 8. The number of aromatic nitrogens is 4. The maximum absolute atomic E-state index is 14.4. The highest BCUT2D eigenvalue weighted by atomic mass is 35.5. The Labute approximate surface area is 828 Å². The van der Waals surface area contributed by atoms with Gasteiger partial charge >= 0.3 is 12.1 Å². The van der Waals surface area contributed by atoms with Crippen LogP contribution in [0, 0.1) is 24.5 Å². The normalized spacial score (nSPS) is 15.0. The van der Waals surface area contributed by atoms with E-state index in [1.807, 2.05) is 181 Å². The van der Waals surface area contributed by atoms with Gasteiger partial charge in [0.1, 0.15) is 57.5 Å². The molecule has 3 aromatic heterocycles. The van der Waals surface area contributed by atoms with Crippen molar-refractivity contribution in [3.8, 4) is 28.3 Å². The third-order valence-corrected chi connectivity index (χ3v) is 26.5. The maximum atomic E-state index is 14.4. The summed E-state index contributed by atoms with van der Waals surface area (Å²) in [5.41, 5.74) is 27.8. The molecule has 1 aliphatic heterocycles. The first-order valence-electron chi connectivity index (χ1n) is 47.6. The molecule has 2 fully saturated rings. The highest BCUT2D eigenvalue weighted by Gasteiger charge is 2.35. The van der Waals surface area contributed by atoms with Crippen LogP contribution in [0.5, 0.6) is 5.75 Å². The molecule has 14 N–H and O–H groups in total. The average Bonchev–Trinajstić information content (AvgIpc) is 1.43. The number of rotatable bonds is 43. The summed E-state index contributed by atoms with van der Waals surface area (Å²) >= 11 is 6.17. The minimum Gasteiger partial charge on any atom is -0.462 e. The number of nitrogens with two attached hydrogens (primary N) is 3. The first-order valence-corrected chi connectivity index (χ1v) is 49.7. The number of primary amides is 1. The number of ether oxygens (including phenoxy) is 1. The second kappa shape index (κ2) is 51.1. The summed E-state index contributed by atoms with van der Waals surface area (Å²) < 4.78 is 94.7. The number of hydrogen-bond acceptors (Lipinski definition) is 16. The molecular weight excluding hydrogens is 1850 g/mol. The van der Waals surface area contributed by atoms with Gasteiger partial charge in [0.15, 0.2) is 11.7 Å². The second-order valence-corrected chi connectivity index (χ2v) is 37.9. The van der Waals surface area contributed by atoms with Gasteiger partial charge in [-0.25, -0.2) is 18.0 Å². The zero-order valence-corrected chi connectivity index (χ0v) is 80.6. The van der Waals surface area contributed by atoms with Crippen molar-refractivity contribution in [1.29, 1.82) is 0 Å². The average molecular weight is 1970 g/mol. The molecule has 25 nitrogen and oxygen atoms in total. The van der Waals surface area contributed by atoms with E-state index in [9.17, 15) is 59.7 Å². The molecule has 2 aliphatic carbocycles. The summed E-state index contributed by atoms with van der Waals surface area (Å²) in [6.45, 7) is 9.38. The van der Waals surface area contributed by atoms with Crippen molar-refractivity contribution in [2.24, 2.45) is 28.1 Å². The molecule has 1 saturated heterocycles. The topological polar surface area (TPSA) is 376 Å². The Morgan fingerprint density at radius 2 is 1.32 bits per heavy atom. The van der Waals surface area contributed by atoms with Crippen LogP contribution in [0.4, 0.5) is 22.0 Å². The molecule has 0 spiro atoms. The molecular formula is C110H119ClF5N15O10S. The number of aliphatic imine (C=N–C) groups is 1. The van der Waals surface area contributed by atoms with Gasteiger partial charge in [-0.05, 0) is 215 Å². The van der Waals surface area contributed by atoms with Crippen LogP contribution < -0.4 is 58.6 Å². The van der Waals surface area contributed by atoms with Crippen LogP contribution in [0.3, 0.4) is 0 Å². The standard InChI is InChI=1S/C46H54ClN9O4.C34H34F2N2O4.C30H31F3N4O2S/c1-30(12-10-17-31-13-4-2-5-14-31)53-40(27-33-21-23-35(47)24-22-33)44(59)56-41(26-32-15-6-3-7-16-32)45(60)54-38(20-11-25-51-46(49)50)43(58)55-39(42(48)57)28-34-29-52-37-19-9-8-18-36(34)37;35-25-15-16-29(36)24(18-25)21-37-34(41)23(14-17-33(40)42-26-10-2-1-3-11-26)19-32(39)28-20-31(22-8-4-5-9-22)38-30-13-7-6-12-27(28)30;1-21-11-12-29(39-40(2,38)25-10-6-9-23(18-25)30(31,32)33)26(17-21)27-19-28(22-7-4-3-5-8-22)37(36-27)16-15-35-24-13-14-34-20-24/h2-9,13-16,18-19,21-24,29,38-41,52-53H,1,10-12,17,20,25-28H2,(H2,48,57)(H,54,60)(H,55,58)(H,56,59)(H4,49,50,51);4,6-9,12-13,15-16,18,20,23,26H,1-3,5,10-11,14,17,19,21H2,(H,37,41);3-12,17-19,24,34-35H,2,13-16,20H2,1H3/t38-,39+,40+,41-;23-;24-,40?/m111/s1. The highest BCUT2D eigenvalue weighted by Crippen LogP contribution is 2.38. The van der Waals surface area contributed by atoms with Crippen molar-refractivity contribution < 1.29 is 68.6 Å². The number of aromatic amines is 1. The Hall–Kier alpha value is -14.4. The van der Waals surface area contributed by atoms with Crippen molar-refractivity contribution in [1.82, 2.24) is 57.0 Å². The maximum Gasteiger partial charge on any atom is 0.416 e. The Bertz CT molecular complexity index is 6590. The number of fused-ring (bicyclic) bond motifs is 2. The zero-order chi connectivity index (χ0) is 101. The third kappa shape index (κ3) is 31.1. The van der Waals surface area contributed by atoms with Crippen LogP contribution in [-0.4, -0.2) is 140 Å². The number of esters is 1. The van der Waals surface area contributed by atoms with E-state index in [0.29, 0.717) is 69.6 Å². The van der Waals surface area contributed by atoms with Gasteiger partial charge in [0.25, 0.3) is 0 Å². The Morgan fingerprint density at radius 1 is 0.655 bits per heavy atom. The predicted octanol–water partition coefficient (Wildman–Crippen LogP) is 16.9. The molecule has 142 heavy (non-hydrogen) atoms. The summed E-state index contributed by atoms with van der Waals surface area (Å²) in [5, 5.41) is 28.5. The number of Topliss-reactive ketones (excluding diaryl/α,β-unsaturated/α-hetero) is 1. The molecule has 3 aliphatic rings. The summed E-state index contributed by atoms with van der Waals surface area (Å²) in [7, 11) is -3.57. The lowest BCUT2D eigenvalue weighted by molar-refractivity contribution is -0.151. The van der Waals surface area contributed by atoms with Crippen LogP contribution in [0.2, 0.25) is 5.02 Å². The van der Waals surface area contributed by atoms with Crippen LogP contribution in [0.25, 0.3) is 49.9 Å². The number of pyridine rings is 1. The van der Waals surface area contributed by atoms with Crippen molar-refractivity contribution in [3.05, 3.63) is 340 Å². The van der Waals surface area contributed by atoms with Gasteiger partial charge in [0.2, 0.25) is 29.5 Å². The minimum absolute atomic E-state index is 0.00667. The monoisotopic (exact) mass is 1970 g/mol. The first kappa shape index (κ1) is 105. The number of alkyl halides is 3. The lowest BCUT2D eigenvalue weighted by Gasteiger charge is -2.27. The molecule has 1 saturated carbocycles. The van der Waals surface area contributed by atoms with Crippen molar-refractivity contribution in [2.45, 2.75) is 183 Å². The number of allylic oxidation sites excluding steroid dienone is 5. The number of para-hydroxylation sites is 2. The third-order valence-electron chi connectivity index (χ3n) is 24.8. The quantitative estimate of drug-likeness (QED) is 0.00322. The van der Waals surface area contributed by atoms with E-state index in [0.717, 1.165) is 158 Å². The number of aryl methyl sites for hydroxylation is 2. The molecule has 742 valence electrons. The van der Waals surface area contributed by atoms with E-state index >= 15 is 0 Å². The van der Waals surface area contributed by atoms with E-state index < -0.39 is 98.8 Å². The van der Waals surface area contributed by atoms with E-state index in [4.69, 9.17) is 47.8 Å². The number of hydrogen-bond donors (Lipinski definition) is 11. The number of carbonyl (C=O) groups excluding carboxylic acids is 7. The fourth-order valence-corrected chi connectivity index (χ4v) is 18.5. The number of halogens is 6. The number of nitrogens with zero attached hydrogens (tertiary/aromatic N) is 4. The molecule has 0 radical (unpaired) electrons. The zero-order valence-electron chi connectivity index (χ0n) is 79.0. The van der Waals surface area contributed by atoms with Crippen LogP contribution in [0.1, 0.15) is 145 Å². The van der Waals surface area contributed by atoms with Gasteiger partial charge < -0.3 is 68.3 Å². The molecule has 9 aromatic carbocycles. The molecule has 15 rings (SSSR count). The molecule has 32 heteroatoms. The number of carbonyl (C=O) groups is 7. The molecule has 4 heterocycles. The number of ketones is 1. The van der Waals surface area contributed by atoms with E-state index in [1.165, 1.54) is 17.7 Å². The Balaban J connectivity index is 0.000000184. The van der Waals surface area contributed by atoms with Gasteiger partial charge in [0, 0.05) is 120 Å². The van der Waals surface area contributed by atoms with Crippen molar-refractivity contribution >= 4 is 102 Å². The fourth-order valence-electron chi connectivity index (χ4n) is 17.3. The van der Waals surface area contributed by atoms with Gasteiger partial charge in [-0.15, -0.1) is 0 Å². The number of guanidine groups is 1. The van der Waals surface area contributed by atoms with Crippen LogP contribution in [0.15, 0.2) is 283 Å². The fraction of sp³-hybridized carbons (Fsp3) is 0.300. The highest BCUT2D eigenvalue weighted by molar-refractivity contribution is 7.96. The lowest BCUT2D eigenvalue weighted by Crippen LogP contribution is -2.58. The Kier molecular flexibility index (Phi) is 37.8. The van der Waals surface area contributed by atoms with E-state index in [-0.39, 0.29) is 92.1 Å². The summed E-state index contributed by atoms with van der Waals surface area (Å²) in [4.78, 5) is 107. The number of H-pyrrole nitrogens is 1. The van der Waals surface area contributed by atoms with Crippen LogP contribution in [-0.2, 0) is 88.3 Å². The minimum atomic E-state index is -4.58. The molecule has 0 bridgehead atoms. The smallest absolute Gasteiger partial charge is 0.416 e. The number of amides is 5.